The van der Waals surface area contributed by atoms with E-state index < -0.39 is 0 Å². The maximum Gasteiger partial charge on any atom is 0.180 e. The zero-order valence-electron chi connectivity index (χ0n) is 12.9. The molecule has 0 atom stereocenters. The molecule has 6 heteroatoms. The minimum Gasteiger partial charge on any atom is -0.493 e. The molecule has 0 saturated carbocycles. The number of benzene rings is 2. The molecule has 0 bridgehead atoms. The van der Waals surface area contributed by atoms with Gasteiger partial charge in [-0.3, -0.25) is 0 Å². The Balaban J connectivity index is 1.46. The number of ether oxygens (including phenoxy) is 2. The van der Waals surface area contributed by atoms with E-state index in [1.807, 2.05) is 53.9 Å². The summed E-state index contributed by atoms with van der Waals surface area (Å²) in [6, 6.07) is 15.2. The smallest absolute Gasteiger partial charge is 0.180 e. The zero-order valence-corrected chi connectivity index (χ0v) is 14.5. The van der Waals surface area contributed by atoms with Crippen molar-refractivity contribution in [2.75, 3.05) is 18.9 Å². The number of anilines is 1. The molecular formula is C18H17ClN2O2S. The summed E-state index contributed by atoms with van der Waals surface area (Å²) < 4.78 is 11.4. The van der Waals surface area contributed by atoms with Crippen molar-refractivity contribution in [2.24, 2.45) is 0 Å². The molecule has 4 nitrogen and oxygen atoms in total. The third-order valence-electron chi connectivity index (χ3n) is 3.29. The molecular weight excluding hydrogens is 344 g/mol. The number of rotatable bonds is 7. The first-order chi connectivity index (χ1) is 11.7. The molecule has 0 saturated heterocycles. The highest BCUT2D eigenvalue weighted by atomic mass is 35.5. The normalized spacial score (nSPS) is 10.5. The van der Waals surface area contributed by atoms with Gasteiger partial charge in [0.1, 0.15) is 11.5 Å². The fraction of sp³-hybridized carbons (Fsp3) is 0.167. The minimum absolute atomic E-state index is 0.565. The SMILES string of the molecule is Nc1nc(-c2cccc(OCCCOc3ccc(Cl)cc3)c2)cs1. The lowest BCUT2D eigenvalue weighted by molar-refractivity contribution is 0.247. The van der Waals surface area contributed by atoms with E-state index in [-0.39, 0.29) is 0 Å². The Morgan fingerprint density at radius 1 is 1.00 bits per heavy atom. The average molecular weight is 361 g/mol. The molecule has 0 aliphatic rings. The predicted molar refractivity (Wildman–Crippen MR) is 99.0 cm³/mol. The lowest BCUT2D eigenvalue weighted by atomic mass is 10.2. The molecule has 0 radical (unpaired) electrons. The molecule has 0 fully saturated rings. The van der Waals surface area contributed by atoms with Crippen LogP contribution >= 0.6 is 22.9 Å². The fourth-order valence-electron chi connectivity index (χ4n) is 2.14. The minimum atomic E-state index is 0.565. The van der Waals surface area contributed by atoms with Gasteiger partial charge in [-0.25, -0.2) is 4.98 Å². The number of hydrogen-bond donors (Lipinski definition) is 1. The third-order valence-corrected chi connectivity index (χ3v) is 4.22. The number of aromatic nitrogens is 1. The molecule has 3 aromatic rings. The number of nitrogen functional groups attached to an aromatic ring is 1. The van der Waals surface area contributed by atoms with Gasteiger partial charge in [0.15, 0.2) is 5.13 Å². The highest BCUT2D eigenvalue weighted by Gasteiger charge is 2.04. The summed E-state index contributed by atoms with van der Waals surface area (Å²) in [5.41, 5.74) is 7.55. The van der Waals surface area contributed by atoms with Gasteiger partial charge in [-0.1, -0.05) is 23.7 Å². The van der Waals surface area contributed by atoms with Crippen LogP contribution in [0.4, 0.5) is 5.13 Å². The van der Waals surface area contributed by atoms with Crippen molar-refractivity contribution in [3.63, 3.8) is 0 Å². The van der Waals surface area contributed by atoms with E-state index in [2.05, 4.69) is 4.98 Å². The summed E-state index contributed by atoms with van der Waals surface area (Å²) in [7, 11) is 0. The van der Waals surface area contributed by atoms with Crippen molar-refractivity contribution in [3.05, 3.63) is 58.9 Å². The van der Waals surface area contributed by atoms with Crippen molar-refractivity contribution in [1.29, 1.82) is 0 Å². The van der Waals surface area contributed by atoms with Gasteiger partial charge in [-0.2, -0.15) is 0 Å². The molecule has 124 valence electrons. The second-order valence-electron chi connectivity index (χ2n) is 5.10. The molecule has 0 aliphatic heterocycles. The zero-order chi connectivity index (χ0) is 16.8. The van der Waals surface area contributed by atoms with Crippen molar-refractivity contribution in [2.45, 2.75) is 6.42 Å². The van der Waals surface area contributed by atoms with E-state index in [1.54, 1.807) is 0 Å². The van der Waals surface area contributed by atoms with Crippen LogP contribution in [0.2, 0.25) is 5.02 Å². The van der Waals surface area contributed by atoms with Crippen molar-refractivity contribution < 1.29 is 9.47 Å². The Bertz CT molecular complexity index is 790. The maximum absolute atomic E-state index is 5.84. The Hall–Kier alpha value is -2.24. The van der Waals surface area contributed by atoms with Gasteiger partial charge < -0.3 is 15.2 Å². The quantitative estimate of drug-likeness (QED) is 0.609. The van der Waals surface area contributed by atoms with Gasteiger partial charge in [0, 0.05) is 22.4 Å². The van der Waals surface area contributed by atoms with E-state index in [0.29, 0.717) is 23.4 Å². The van der Waals surface area contributed by atoms with Crippen LogP contribution in [0.1, 0.15) is 6.42 Å². The van der Waals surface area contributed by atoms with Gasteiger partial charge in [-0.05, 0) is 36.4 Å². The Morgan fingerprint density at radius 3 is 2.46 bits per heavy atom. The summed E-state index contributed by atoms with van der Waals surface area (Å²) in [5.74, 6) is 1.62. The summed E-state index contributed by atoms with van der Waals surface area (Å²) in [4.78, 5) is 4.28. The van der Waals surface area contributed by atoms with E-state index >= 15 is 0 Å². The summed E-state index contributed by atoms with van der Waals surface area (Å²) in [5, 5.41) is 3.21. The molecule has 2 N–H and O–H groups in total. The number of hydrogen-bond acceptors (Lipinski definition) is 5. The summed E-state index contributed by atoms with van der Waals surface area (Å²) in [6.45, 7) is 1.17. The highest BCUT2D eigenvalue weighted by molar-refractivity contribution is 7.13. The number of nitrogens with zero attached hydrogens (tertiary/aromatic N) is 1. The number of thiazole rings is 1. The first-order valence-corrected chi connectivity index (χ1v) is 8.79. The summed E-state index contributed by atoms with van der Waals surface area (Å²) in [6.07, 6.45) is 0.788. The van der Waals surface area contributed by atoms with Gasteiger partial charge >= 0.3 is 0 Å². The molecule has 0 aliphatic carbocycles. The van der Waals surface area contributed by atoms with Crippen LogP contribution in [0.3, 0.4) is 0 Å². The lowest BCUT2D eigenvalue weighted by Gasteiger charge is -2.09. The van der Waals surface area contributed by atoms with Gasteiger partial charge in [-0.15, -0.1) is 11.3 Å². The highest BCUT2D eigenvalue weighted by Crippen LogP contribution is 2.26. The topological polar surface area (TPSA) is 57.4 Å². The Labute approximate surface area is 149 Å². The first kappa shape index (κ1) is 16.6. The largest absolute Gasteiger partial charge is 0.493 e. The fourth-order valence-corrected chi connectivity index (χ4v) is 2.83. The van der Waals surface area contributed by atoms with E-state index in [0.717, 1.165) is 29.2 Å². The second kappa shape index (κ2) is 8.04. The molecule has 1 heterocycles. The molecule has 3 rings (SSSR count). The van der Waals surface area contributed by atoms with E-state index in [9.17, 15) is 0 Å². The molecule has 24 heavy (non-hydrogen) atoms. The lowest BCUT2D eigenvalue weighted by Crippen LogP contribution is -2.05. The number of nitrogens with two attached hydrogens (primary N) is 1. The van der Waals surface area contributed by atoms with Gasteiger partial charge in [0.05, 0.1) is 18.9 Å². The van der Waals surface area contributed by atoms with Gasteiger partial charge in [0.25, 0.3) is 0 Å². The van der Waals surface area contributed by atoms with E-state index in [1.165, 1.54) is 11.3 Å². The van der Waals surface area contributed by atoms with Crippen LogP contribution in [-0.4, -0.2) is 18.2 Å². The third kappa shape index (κ3) is 4.63. The predicted octanol–water partition coefficient (Wildman–Crippen LogP) is 4.89. The summed E-state index contributed by atoms with van der Waals surface area (Å²) >= 11 is 7.26. The maximum atomic E-state index is 5.84. The Kier molecular flexibility index (Phi) is 5.56. The number of halogens is 1. The first-order valence-electron chi connectivity index (χ1n) is 7.53. The van der Waals surface area contributed by atoms with Crippen LogP contribution in [-0.2, 0) is 0 Å². The van der Waals surface area contributed by atoms with E-state index in [4.69, 9.17) is 26.8 Å². The standard InChI is InChI=1S/C18H17ClN2O2S/c19-14-5-7-15(8-6-14)22-9-2-10-23-16-4-1-3-13(11-16)17-12-24-18(20)21-17/h1,3-8,11-12H,2,9-10H2,(H2,20,21). The second-order valence-corrected chi connectivity index (χ2v) is 6.43. The Morgan fingerprint density at radius 2 is 1.75 bits per heavy atom. The van der Waals surface area contributed by atoms with Crippen LogP contribution in [0.25, 0.3) is 11.3 Å². The van der Waals surface area contributed by atoms with Crippen LogP contribution in [0.15, 0.2) is 53.9 Å². The van der Waals surface area contributed by atoms with Crippen molar-refractivity contribution >= 4 is 28.1 Å². The monoisotopic (exact) mass is 360 g/mol. The molecule has 0 unspecified atom stereocenters. The molecule has 0 spiro atoms. The van der Waals surface area contributed by atoms with Crippen LogP contribution < -0.4 is 15.2 Å². The van der Waals surface area contributed by atoms with Crippen molar-refractivity contribution in [1.82, 2.24) is 4.98 Å². The van der Waals surface area contributed by atoms with Crippen molar-refractivity contribution in [3.8, 4) is 22.8 Å². The van der Waals surface area contributed by atoms with Gasteiger partial charge in [0.2, 0.25) is 0 Å². The molecule has 1 aromatic heterocycles. The molecule has 2 aromatic carbocycles. The molecule has 0 amide bonds. The van der Waals surface area contributed by atoms with Crippen LogP contribution in [0, 0.1) is 0 Å². The van der Waals surface area contributed by atoms with Crippen LogP contribution in [0.5, 0.6) is 11.5 Å². The average Bonchev–Trinajstić information content (AvgIpc) is 3.03.